The van der Waals surface area contributed by atoms with Crippen molar-refractivity contribution in [2.75, 3.05) is 12.4 Å². The molecule has 2 aromatic rings. The number of hydrogen-bond acceptors (Lipinski definition) is 4. The zero-order chi connectivity index (χ0) is 16.8. The molecule has 1 aromatic heterocycles. The number of nitrogens with one attached hydrogen (secondary N) is 2. The molecular formula is C16H17ClN2O2S2. The molecule has 0 amide bonds. The summed E-state index contributed by atoms with van der Waals surface area (Å²) in [7, 11) is 1.37. The molecule has 2 rings (SSSR count). The van der Waals surface area contributed by atoms with E-state index in [1.165, 1.54) is 18.4 Å². The highest BCUT2D eigenvalue weighted by atomic mass is 35.5. The Labute approximate surface area is 149 Å². The van der Waals surface area contributed by atoms with E-state index in [4.69, 9.17) is 28.6 Å². The summed E-state index contributed by atoms with van der Waals surface area (Å²) >= 11 is 12.7. The lowest BCUT2D eigenvalue weighted by Gasteiger charge is -2.10. The minimum atomic E-state index is -0.371. The van der Waals surface area contributed by atoms with Gasteiger partial charge in [0.2, 0.25) is 0 Å². The van der Waals surface area contributed by atoms with E-state index in [0.29, 0.717) is 27.2 Å². The van der Waals surface area contributed by atoms with Crippen LogP contribution >= 0.6 is 35.2 Å². The molecule has 122 valence electrons. The van der Waals surface area contributed by atoms with Gasteiger partial charge < -0.3 is 15.4 Å². The molecule has 2 N–H and O–H groups in total. The minimum absolute atomic E-state index is 0.371. The predicted molar refractivity (Wildman–Crippen MR) is 99.5 cm³/mol. The van der Waals surface area contributed by atoms with Crippen molar-refractivity contribution in [1.29, 1.82) is 0 Å². The second-order valence-electron chi connectivity index (χ2n) is 4.73. The third-order valence-corrected chi connectivity index (χ3v) is 4.82. The second-order valence-corrected chi connectivity index (χ2v) is 6.72. The number of hydrogen-bond donors (Lipinski definition) is 2. The van der Waals surface area contributed by atoms with Crippen LogP contribution in [0.25, 0.3) is 0 Å². The molecule has 0 aliphatic heterocycles. The first-order valence-electron chi connectivity index (χ1n) is 7.03. The van der Waals surface area contributed by atoms with Gasteiger partial charge in [0, 0.05) is 16.4 Å². The summed E-state index contributed by atoms with van der Waals surface area (Å²) in [6, 6.07) is 9.35. The topological polar surface area (TPSA) is 50.4 Å². The van der Waals surface area contributed by atoms with Crippen molar-refractivity contribution in [2.24, 2.45) is 0 Å². The standard InChI is InChI=1S/C16H17ClN2O2S2/c1-3-12-8-13(15(20)21-2)14(23-12)19-16(22)18-9-10-4-6-11(17)7-5-10/h4-8H,3,9H2,1-2H3,(H2,18,19,22). The Bertz CT molecular complexity index is 699. The van der Waals surface area contributed by atoms with E-state index in [1.807, 2.05) is 37.3 Å². The fraction of sp³-hybridized carbons (Fsp3) is 0.250. The zero-order valence-electron chi connectivity index (χ0n) is 12.8. The lowest BCUT2D eigenvalue weighted by Crippen LogP contribution is -2.28. The molecule has 0 unspecified atom stereocenters. The number of methoxy groups -OCH3 is 1. The number of halogens is 1. The summed E-state index contributed by atoms with van der Waals surface area (Å²) in [5, 5.41) is 8.03. The van der Waals surface area contributed by atoms with Gasteiger partial charge in [-0.15, -0.1) is 11.3 Å². The highest BCUT2D eigenvalue weighted by Gasteiger charge is 2.16. The van der Waals surface area contributed by atoms with E-state index in [2.05, 4.69) is 10.6 Å². The first-order chi connectivity index (χ1) is 11.0. The monoisotopic (exact) mass is 368 g/mol. The van der Waals surface area contributed by atoms with Crippen molar-refractivity contribution in [3.05, 3.63) is 51.4 Å². The number of thiocarbonyl (C=S) groups is 1. The summed E-state index contributed by atoms with van der Waals surface area (Å²) in [6.45, 7) is 2.61. The first kappa shape index (κ1) is 17.7. The summed E-state index contributed by atoms with van der Waals surface area (Å²) in [5.41, 5.74) is 1.57. The lowest BCUT2D eigenvalue weighted by atomic mass is 10.2. The number of carbonyl (C=O) groups is 1. The van der Waals surface area contributed by atoms with E-state index < -0.39 is 0 Å². The van der Waals surface area contributed by atoms with Crippen LogP contribution in [0.2, 0.25) is 5.02 Å². The van der Waals surface area contributed by atoms with Crippen molar-refractivity contribution >= 4 is 51.2 Å². The van der Waals surface area contributed by atoms with Gasteiger partial charge in [-0.3, -0.25) is 0 Å². The van der Waals surface area contributed by atoms with Gasteiger partial charge in [0.1, 0.15) is 5.00 Å². The van der Waals surface area contributed by atoms with Gasteiger partial charge in [-0.2, -0.15) is 0 Å². The fourth-order valence-electron chi connectivity index (χ4n) is 1.90. The van der Waals surface area contributed by atoms with E-state index in [0.717, 1.165) is 16.9 Å². The first-order valence-corrected chi connectivity index (χ1v) is 8.64. The third-order valence-electron chi connectivity index (χ3n) is 3.13. The average molecular weight is 369 g/mol. The van der Waals surface area contributed by atoms with E-state index in [9.17, 15) is 4.79 Å². The van der Waals surface area contributed by atoms with Crippen LogP contribution in [0.3, 0.4) is 0 Å². The number of esters is 1. The molecule has 23 heavy (non-hydrogen) atoms. The molecule has 0 aliphatic carbocycles. The van der Waals surface area contributed by atoms with Crippen molar-refractivity contribution in [1.82, 2.24) is 5.32 Å². The normalized spacial score (nSPS) is 10.2. The van der Waals surface area contributed by atoms with E-state index >= 15 is 0 Å². The van der Waals surface area contributed by atoms with Gasteiger partial charge in [-0.1, -0.05) is 30.7 Å². The highest BCUT2D eigenvalue weighted by Crippen LogP contribution is 2.29. The summed E-state index contributed by atoms with van der Waals surface area (Å²) in [5.74, 6) is -0.371. The van der Waals surface area contributed by atoms with E-state index in [1.54, 1.807) is 0 Å². The van der Waals surface area contributed by atoms with Crippen molar-refractivity contribution in [3.8, 4) is 0 Å². The van der Waals surface area contributed by atoms with Gasteiger partial charge in [-0.05, 0) is 42.4 Å². The summed E-state index contributed by atoms with van der Waals surface area (Å²) < 4.78 is 4.81. The molecule has 1 aromatic carbocycles. The Hall–Kier alpha value is -1.63. The number of thiophene rings is 1. The number of rotatable bonds is 5. The Morgan fingerprint density at radius 1 is 1.35 bits per heavy atom. The van der Waals surface area contributed by atoms with Crippen LogP contribution in [0.1, 0.15) is 27.7 Å². The van der Waals surface area contributed by atoms with E-state index in [-0.39, 0.29) is 5.97 Å². The highest BCUT2D eigenvalue weighted by molar-refractivity contribution is 7.80. The molecular weight excluding hydrogens is 352 g/mol. The maximum atomic E-state index is 11.8. The van der Waals surface area contributed by atoms with Crippen LogP contribution in [0.15, 0.2) is 30.3 Å². The number of benzene rings is 1. The molecule has 0 spiro atoms. The lowest BCUT2D eigenvalue weighted by molar-refractivity contribution is 0.0602. The molecule has 0 saturated carbocycles. The molecule has 0 fully saturated rings. The van der Waals surface area contributed by atoms with Crippen LogP contribution in [0.5, 0.6) is 0 Å². The molecule has 0 atom stereocenters. The van der Waals surface area contributed by atoms with Crippen LogP contribution < -0.4 is 10.6 Å². The molecule has 0 aliphatic rings. The quantitative estimate of drug-likeness (QED) is 0.610. The van der Waals surface area contributed by atoms with Crippen LogP contribution in [0.4, 0.5) is 5.00 Å². The Morgan fingerprint density at radius 3 is 2.65 bits per heavy atom. The van der Waals surface area contributed by atoms with Crippen molar-refractivity contribution in [2.45, 2.75) is 19.9 Å². The summed E-state index contributed by atoms with van der Waals surface area (Å²) in [6.07, 6.45) is 0.849. The molecule has 1 heterocycles. The van der Waals surface area contributed by atoms with Gasteiger partial charge >= 0.3 is 5.97 Å². The smallest absolute Gasteiger partial charge is 0.340 e. The molecule has 7 heteroatoms. The Balaban J connectivity index is 2.00. The fourth-order valence-corrected chi connectivity index (χ4v) is 3.26. The average Bonchev–Trinajstić information content (AvgIpc) is 2.96. The van der Waals surface area contributed by atoms with Gasteiger partial charge in [0.15, 0.2) is 5.11 Å². The van der Waals surface area contributed by atoms with Gasteiger partial charge in [-0.25, -0.2) is 4.79 Å². The molecule has 0 saturated heterocycles. The van der Waals surface area contributed by atoms with Crippen molar-refractivity contribution < 1.29 is 9.53 Å². The van der Waals surface area contributed by atoms with Crippen molar-refractivity contribution in [3.63, 3.8) is 0 Å². The minimum Gasteiger partial charge on any atom is -0.465 e. The number of carbonyl (C=O) groups excluding carboxylic acids is 1. The largest absolute Gasteiger partial charge is 0.465 e. The predicted octanol–water partition coefficient (Wildman–Crippen LogP) is 4.24. The molecule has 0 bridgehead atoms. The number of ether oxygens (including phenoxy) is 1. The third kappa shape index (κ3) is 4.92. The summed E-state index contributed by atoms with van der Waals surface area (Å²) in [4.78, 5) is 12.9. The maximum Gasteiger partial charge on any atom is 0.340 e. The SMILES string of the molecule is CCc1cc(C(=O)OC)c(NC(=S)NCc2ccc(Cl)cc2)s1. The Morgan fingerprint density at radius 2 is 2.04 bits per heavy atom. The zero-order valence-corrected chi connectivity index (χ0v) is 15.2. The molecule has 4 nitrogen and oxygen atoms in total. The van der Waals surface area contributed by atoms with Crippen LogP contribution in [-0.2, 0) is 17.7 Å². The van der Waals surface area contributed by atoms with Gasteiger partial charge in [0.05, 0.1) is 12.7 Å². The maximum absolute atomic E-state index is 11.8. The van der Waals surface area contributed by atoms with Crippen LogP contribution in [0, 0.1) is 0 Å². The number of aryl methyl sites for hydroxylation is 1. The second kappa shape index (κ2) is 8.29. The molecule has 0 radical (unpaired) electrons. The Kier molecular flexibility index (Phi) is 6.38. The van der Waals surface area contributed by atoms with Gasteiger partial charge in [0.25, 0.3) is 0 Å². The number of anilines is 1. The van der Waals surface area contributed by atoms with Crippen LogP contribution in [-0.4, -0.2) is 18.2 Å².